The largest absolute Gasteiger partial charge is 0.357 e. The number of nitrogens with one attached hydrogen (secondary N) is 1. The van der Waals surface area contributed by atoms with E-state index in [9.17, 15) is 13.2 Å². The molecule has 8 heteroatoms. The maximum absolute atomic E-state index is 13.1. The van der Waals surface area contributed by atoms with Crippen molar-refractivity contribution in [2.24, 2.45) is 0 Å². The lowest BCUT2D eigenvalue weighted by molar-refractivity contribution is 0.0735. The Morgan fingerprint density at radius 2 is 1.83 bits per heavy atom. The molecule has 0 atom stereocenters. The first-order chi connectivity index (χ1) is 14.4. The molecule has 0 saturated carbocycles. The van der Waals surface area contributed by atoms with Crippen molar-refractivity contribution in [1.29, 1.82) is 0 Å². The fourth-order valence-electron chi connectivity index (χ4n) is 4.04. The van der Waals surface area contributed by atoms with Gasteiger partial charge in [0.25, 0.3) is 5.91 Å². The van der Waals surface area contributed by atoms with Crippen molar-refractivity contribution >= 4 is 42.8 Å². The Hall–Kier alpha value is -2.16. The zero-order chi connectivity index (χ0) is 21.5. The van der Waals surface area contributed by atoms with Crippen molar-refractivity contribution < 1.29 is 13.2 Å². The standard InChI is InChI=1S/C22H24BrN3O3S/c1-3-26(4-2)30(28,29)16-10-8-15(9-11-16)22(27)25-13-12-20-18(14-25)17-6-5-7-19(23)21(17)24-20/h5-11,24H,3-4,12-14H2,1-2H3. The number of halogens is 1. The average Bonchev–Trinajstić information content (AvgIpc) is 3.13. The molecule has 158 valence electrons. The van der Waals surface area contributed by atoms with E-state index in [1.807, 2.05) is 30.9 Å². The number of para-hydroxylation sites is 1. The summed E-state index contributed by atoms with van der Waals surface area (Å²) in [5.41, 5.74) is 3.87. The molecule has 30 heavy (non-hydrogen) atoms. The lowest BCUT2D eigenvalue weighted by atomic mass is 10.0. The number of hydrogen-bond donors (Lipinski definition) is 1. The van der Waals surface area contributed by atoms with Crippen LogP contribution in [-0.2, 0) is 23.0 Å². The normalized spacial score (nSPS) is 14.3. The van der Waals surface area contributed by atoms with Crippen molar-refractivity contribution in [2.45, 2.75) is 31.7 Å². The highest BCUT2D eigenvalue weighted by Crippen LogP contribution is 2.32. The van der Waals surface area contributed by atoms with Crippen LogP contribution in [0.3, 0.4) is 0 Å². The van der Waals surface area contributed by atoms with E-state index in [1.165, 1.54) is 22.1 Å². The number of carbonyl (C=O) groups excluding carboxylic acids is 1. The number of H-pyrrole nitrogens is 1. The minimum Gasteiger partial charge on any atom is -0.357 e. The topological polar surface area (TPSA) is 73.5 Å². The van der Waals surface area contributed by atoms with E-state index in [-0.39, 0.29) is 10.8 Å². The van der Waals surface area contributed by atoms with E-state index in [1.54, 1.807) is 12.1 Å². The van der Waals surface area contributed by atoms with Crippen LogP contribution in [0, 0.1) is 0 Å². The lowest BCUT2D eigenvalue weighted by Gasteiger charge is -2.27. The van der Waals surface area contributed by atoms with E-state index < -0.39 is 10.0 Å². The molecule has 0 fully saturated rings. The quantitative estimate of drug-likeness (QED) is 0.584. The molecule has 0 radical (unpaired) electrons. The molecule has 6 nitrogen and oxygen atoms in total. The van der Waals surface area contributed by atoms with Gasteiger partial charge in [-0.2, -0.15) is 4.31 Å². The van der Waals surface area contributed by atoms with Crippen molar-refractivity contribution in [3.8, 4) is 0 Å². The van der Waals surface area contributed by atoms with Gasteiger partial charge in [0.15, 0.2) is 0 Å². The molecule has 1 N–H and O–H groups in total. The van der Waals surface area contributed by atoms with Crippen LogP contribution >= 0.6 is 15.9 Å². The fraction of sp³-hybridized carbons (Fsp3) is 0.318. The summed E-state index contributed by atoms with van der Waals surface area (Å²) in [6.07, 6.45) is 0.761. The van der Waals surface area contributed by atoms with Crippen molar-refractivity contribution in [1.82, 2.24) is 14.2 Å². The van der Waals surface area contributed by atoms with Crippen molar-refractivity contribution in [3.05, 3.63) is 63.8 Å². The average molecular weight is 490 g/mol. The van der Waals surface area contributed by atoms with E-state index in [0.717, 1.165) is 27.4 Å². The van der Waals surface area contributed by atoms with Gasteiger partial charge in [-0.25, -0.2) is 8.42 Å². The fourth-order valence-corrected chi connectivity index (χ4v) is 5.96. The SMILES string of the molecule is CCN(CC)S(=O)(=O)c1ccc(C(=O)N2CCc3[nH]c4c(Br)cccc4c3C2)cc1. The van der Waals surface area contributed by atoms with E-state index in [4.69, 9.17) is 0 Å². The highest BCUT2D eigenvalue weighted by atomic mass is 79.9. The molecule has 2 heterocycles. The number of aromatic nitrogens is 1. The summed E-state index contributed by atoms with van der Waals surface area (Å²) in [5.74, 6) is -0.0863. The van der Waals surface area contributed by atoms with Gasteiger partial charge in [0.05, 0.1) is 10.4 Å². The molecule has 4 rings (SSSR count). The third kappa shape index (κ3) is 3.57. The predicted octanol–water partition coefficient (Wildman–Crippen LogP) is 4.16. The Labute approximate surface area is 185 Å². The Bertz CT molecular complexity index is 1200. The third-order valence-corrected chi connectivity index (χ3v) is 8.42. The molecule has 1 aliphatic rings. The summed E-state index contributed by atoms with van der Waals surface area (Å²) >= 11 is 3.58. The molecule has 1 aromatic heterocycles. The van der Waals surface area contributed by atoms with Crippen LogP contribution in [-0.4, -0.2) is 48.1 Å². The zero-order valence-corrected chi connectivity index (χ0v) is 19.4. The lowest BCUT2D eigenvalue weighted by Crippen LogP contribution is -2.35. The summed E-state index contributed by atoms with van der Waals surface area (Å²) in [7, 11) is -3.53. The van der Waals surface area contributed by atoms with Gasteiger partial charge in [0, 0.05) is 59.3 Å². The van der Waals surface area contributed by atoms with Gasteiger partial charge in [-0.3, -0.25) is 4.79 Å². The van der Waals surface area contributed by atoms with Gasteiger partial charge in [-0.15, -0.1) is 0 Å². The highest BCUT2D eigenvalue weighted by molar-refractivity contribution is 9.10. The second-order valence-electron chi connectivity index (χ2n) is 7.33. The molecule has 0 spiro atoms. The Morgan fingerprint density at radius 1 is 1.13 bits per heavy atom. The molecule has 0 bridgehead atoms. The Balaban J connectivity index is 1.57. The summed E-state index contributed by atoms with van der Waals surface area (Å²) < 4.78 is 27.7. The minimum absolute atomic E-state index is 0.0863. The molecule has 0 saturated heterocycles. The zero-order valence-electron chi connectivity index (χ0n) is 17.0. The number of sulfonamides is 1. The van der Waals surface area contributed by atoms with Gasteiger partial charge >= 0.3 is 0 Å². The first-order valence-electron chi connectivity index (χ1n) is 10.0. The molecule has 3 aromatic rings. The summed E-state index contributed by atoms with van der Waals surface area (Å²) in [4.78, 5) is 18.6. The van der Waals surface area contributed by atoms with Crippen LogP contribution in [0.2, 0.25) is 0 Å². The maximum atomic E-state index is 13.1. The molecule has 2 aromatic carbocycles. The van der Waals surface area contributed by atoms with Crippen molar-refractivity contribution in [3.63, 3.8) is 0 Å². The van der Waals surface area contributed by atoms with E-state index >= 15 is 0 Å². The summed E-state index contributed by atoms with van der Waals surface area (Å²) in [6.45, 7) is 5.60. The second-order valence-corrected chi connectivity index (χ2v) is 10.1. The first-order valence-corrected chi connectivity index (χ1v) is 12.3. The van der Waals surface area contributed by atoms with Crippen LogP contribution < -0.4 is 0 Å². The molecule has 1 amide bonds. The number of rotatable bonds is 5. The minimum atomic E-state index is -3.53. The van der Waals surface area contributed by atoms with Gasteiger partial charge < -0.3 is 9.88 Å². The predicted molar refractivity (Wildman–Crippen MR) is 121 cm³/mol. The maximum Gasteiger partial charge on any atom is 0.254 e. The van der Waals surface area contributed by atoms with E-state index in [0.29, 0.717) is 31.7 Å². The molecular weight excluding hydrogens is 466 g/mol. The molecule has 0 unspecified atom stereocenters. The number of aromatic amines is 1. The monoisotopic (exact) mass is 489 g/mol. The number of carbonyl (C=O) groups is 1. The van der Waals surface area contributed by atoms with Crippen LogP contribution in [0.5, 0.6) is 0 Å². The number of benzene rings is 2. The van der Waals surface area contributed by atoms with Gasteiger partial charge in [-0.05, 0) is 46.3 Å². The molecular formula is C22H24BrN3O3S. The third-order valence-electron chi connectivity index (χ3n) is 5.69. The Kier molecular flexibility index (Phi) is 5.74. The number of nitrogens with zero attached hydrogens (tertiary/aromatic N) is 2. The van der Waals surface area contributed by atoms with Gasteiger partial charge in [0.2, 0.25) is 10.0 Å². The highest BCUT2D eigenvalue weighted by Gasteiger charge is 2.26. The molecule has 0 aliphatic carbocycles. The summed E-state index contributed by atoms with van der Waals surface area (Å²) in [6, 6.07) is 12.3. The van der Waals surface area contributed by atoms with Gasteiger partial charge in [-0.1, -0.05) is 26.0 Å². The van der Waals surface area contributed by atoms with Gasteiger partial charge in [0.1, 0.15) is 0 Å². The second kappa shape index (κ2) is 8.17. The number of fused-ring (bicyclic) bond motifs is 3. The Morgan fingerprint density at radius 3 is 2.50 bits per heavy atom. The van der Waals surface area contributed by atoms with Crippen LogP contribution in [0.15, 0.2) is 51.8 Å². The van der Waals surface area contributed by atoms with Crippen LogP contribution in [0.25, 0.3) is 10.9 Å². The van der Waals surface area contributed by atoms with Crippen LogP contribution in [0.1, 0.15) is 35.5 Å². The van der Waals surface area contributed by atoms with E-state index in [2.05, 4.69) is 27.0 Å². The smallest absolute Gasteiger partial charge is 0.254 e. The summed E-state index contributed by atoms with van der Waals surface area (Å²) in [5, 5.41) is 1.12. The number of hydrogen-bond acceptors (Lipinski definition) is 3. The molecule has 1 aliphatic heterocycles. The first kappa shape index (κ1) is 21.1. The number of amides is 1. The van der Waals surface area contributed by atoms with Crippen LogP contribution in [0.4, 0.5) is 0 Å². The van der Waals surface area contributed by atoms with Crippen molar-refractivity contribution in [2.75, 3.05) is 19.6 Å².